The summed E-state index contributed by atoms with van der Waals surface area (Å²) >= 11 is 11.5. The first-order chi connectivity index (χ1) is 7.63. The molecule has 0 aliphatic carbocycles. The van der Waals surface area contributed by atoms with Gasteiger partial charge in [0.2, 0.25) is 5.28 Å². The molecule has 0 fully saturated rings. The second kappa shape index (κ2) is 6.86. The van der Waals surface area contributed by atoms with Crippen molar-refractivity contribution in [3.05, 3.63) is 10.4 Å². The number of unbranched alkanes of at least 4 members (excludes halogenated alkanes) is 2. The maximum atomic E-state index is 5.84. The number of rotatable bonds is 6. The molecule has 4 nitrogen and oxygen atoms in total. The molecule has 1 atom stereocenters. The lowest BCUT2D eigenvalue weighted by atomic mass is 10.1. The van der Waals surface area contributed by atoms with Gasteiger partial charge in [-0.1, -0.05) is 37.8 Å². The second-order valence-corrected chi connectivity index (χ2v) is 4.46. The van der Waals surface area contributed by atoms with E-state index in [1.807, 2.05) is 0 Å². The lowest BCUT2D eigenvalue weighted by molar-refractivity contribution is 0.613. The van der Waals surface area contributed by atoms with E-state index in [9.17, 15) is 0 Å². The van der Waals surface area contributed by atoms with E-state index in [2.05, 4.69) is 34.3 Å². The summed E-state index contributed by atoms with van der Waals surface area (Å²) < 4.78 is 0. The van der Waals surface area contributed by atoms with Crippen LogP contribution in [-0.4, -0.2) is 21.2 Å². The van der Waals surface area contributed by atoms with Crippen LogP contribution in [0.3, 0.4) is 0 Å². The van der Waals surface area contributed by atoms with E-state index >= 15 is 0 Å². The summed E-state index contributed by atoms with van der Waals surface area (Å²) in [6, 6.07) is 0.303. The molecule has 1 aromatic rings. The predicted molar refractivity (Wildman–Crippen MR) is 67.1 cm³/mol. The fourth-order valence-electron chi connectivity index (χ4n) is 1.39. The molecule has 1 rings (SSSR count). The van der Waals surface area contributed by atoms with E-state index in [0.717, 1.165) is 6.42 Å². The SMILES string of the molecule is CCCCCC(C)Nc1nc(Cl)nnc1Cl. The first kappa shape index (κ1) is 13.5. The van der Waals surface area contributed by atoms with Gasteiger partial charge in [-0.2, -0.15) is 4.98 Å². The minimum absolute atomic E-state index is 0.104. The maximum Gasteiger partial charge on any atom is 0.245 e. The number of nitrogens with zero attached hydrogens (tertiary/aromatic N) is 3. The molecule has 0 amide bonds. The van der Waals surface area contributed by atoms with Crippen LogP contribution in [0.25, 0.3) is 0 Å². The summed E-state index contributed by atoms with van der Waals surface area (Å²) in [7, 11) is 0. The zero-order valence-electron chi connectivity index (χ0n) is 9.50. The minimum atomic E-state index is 0.104. The molecule has 6 heteroatoms. The Bertz CT molecular complexity index is 333. The van der Waals surface area contributed by atoms with Gasteiger partial charge in [0.15, 0.2) is 11.0 Å². The monoisotopic (exact) mass is 262 g/mol. The van der Waals surface area contributed by atoms with Crippen LogP contribution in [-0.2, 0) is 0 Å². The molecule has 16 heavy (non-hydrogen) atoms. The van der Waals surface area contributed by atoms with Crippen LogP contribution < -0.4 is 5.32 Å². The smallest absolute Gasteiger partial charge is 0.245 e. The Hall–Kier alpha value is -0.610. The van der Waals surface area contributed by atoms with Gasteiger partial charge in [0.1, 0.15) is 0 Å². The Morgan fingerprint density at radius 3 is 2.69 bits per heavy atom. The van der Waals surface area contributed by atoms with E-state index < -0.39 is 0 Å². The van der Waals surface area contributed by atoms with Crippen LogP contribution in [0.1, 0.15) is 39.5 Å². The third kappa shape index (κ3) is 4.49. The van der Waals surface area contributed by atoms with Crippen molar-refractivity contribution in [2.24, 2.45) is 0 Å². The Balaban J connectivity index is 2.48. The molecule has 1 heterocycles. The van der Waals surface area contributed by atoms with Gasteiger partial charge in [-0.05, 0) is 24.9 Å². The Morgan fingerprint density at radius 1 is 1.25 bits per heavy atom. The largest absolute Gasteiger partial charge is 0.365 e. The number of hydrogen-bond acceptors (Lipinski definition) is 4. The van der Waals surface area contributed by atoms with Crippen molar-refractivity contribution < 1.29 is 0 Å². The van der Waals surface area contributed by atoms with Crippen LogP contribution in [0.2, 0.25) is 10.4 Å². The summed E-state index contributed by atoms with van der Waals surface area (Å²) in [4.78, 5) is 3.99. The first-order valence-corrected chi connectivity index (χ1v) is 6.21. The van der Waals surface area contributed by atoms with Gasteiger partial charge >= 0.3 is 0 Å². The molecule has 0 aromatic carbocycles. The fraction of sp³-hybridized carbons (Fsp3) is 0.700. The Morgan fingerprint density at radius 2 is 2.00 bits per heavy atom. The highest BCUT2D eigenvalue weighted by Gasteiger charge is 2.09. The van der Waals surface area contributed by atoms with Gasteiger partial charge < -0.3 is 5.32 Å². The highest BCUT2D eigenvalue weighted by molar-refractivity contribution is 6.32. The highest BCUT2D eigenvalue weighted by atomic mass is 35.5. The van der Waals surface area contributed by atoms with E-state index in [0.29, 0.717) is 11.9 Å². The fourth-order valence-corrected chi connectivity index (χ4v) is 1.65. The quantitative estimate of drug-likeness (QED) is 0.797. The number of hydrogen-bond donors (Lipinski definition) is 1. The van der Waals surface area contributed by atoms with Crippen LogP contribution in [0.5, 0.6) is 0 Å². The molecule has 0 saturated heterocycles. The molecule has 0 saturated carbocycles. The number of nitrogens with one attached hydrogen (secondary N) is 1. The third-order valence-corrected chi connectivity index (χ3v) is 2.66. The van der Waals surface area contributed by atoms with Crippen molar-refractivity contribution >= 4 is 29.0 Å². The molecule has 0 bridgehead atoms. The first-order valence-electron chi connectivity index (χ1n) is 5.45. The molecule has 1 aromatic heterocycles. The van der Waals surface area contributed by atoms with E-state index in [4.69, 9.17) is 23.2 Å². The normalized spacial score (nSPS) is 12.5. The van der Waals surface area contributed by atoms with Gasteiger partial charge in [0, 0.05) is 6.04 Å². The van der Waals surface area contributed by atoms with Crippen molar-refractivity contribution in [1.29, 1.82) is 0 Å². The zero-order chi connectivity index (χ0) is 12.0. The van der Waals surface area contributed by atoms with E-state index in [1.165, 1.54) is 19.3 Å². The zero-order valence-corrected chi connectivity index (χ0v) is 11.0. The molecule has 0 aliphatic heterocycles. The summed E-state index contributed by atoms with van der Waals surface area (Å²) in [6.07, 6.45) is 4.72. The lowest BCUT2D eigenvalue weighted by Gasteiger charge is -2.14. The summed E-state index contributed by atoms with van der Waals surface area (Å²) in [6.45, 7) is 4.27. The van der Waals surface area contributed by atoms with Crippen molar-refractivity contribution in [3.8, 4) is 0 Å². The second-order valence-electron chi connectivity index (χ2n) is 3.76. The molecular weight excluding hydrogens is 247 g/mol. The van der Waals surface area contributed by atoms with Crippen LogP contribution in [0.15, 0.2) is 0 Å². The highest BCUT2D eigenvalue weighted by Crippen LogP contribution is 2.18. The van der Waals surface area contributed by atoms with Crippen molar-refractivity contribution in [3.63, 3.8) is 0 Å². The molecule has 90 valence electrons. The minimum Gasteiger partial charge on any atom is -0.365 e. The Kier molecular flexibility index (Phi) is 5.77. The lowest BCUT2D eigenvalue weighted by Crippen LogP contribution is -2.16. The van der Waals surface area contributed by atoms with Crippen LogP contribution in [0.4, 0.5) is 5.82 Å². The summed E-state index contributed by atoms with van der Waals surface area (Å²) in [5, 5.41) is 10.8. The molecule has 0 aliphatic rings. The topological polar surface area (TPSA) is 50.7 Å². The van der Waals surface area contributed by atoms with Gasteiger partial charge in [0.05, 0.1) is 0 Å². The summed E-state index contributed by atoms with van der Waals surface area (Å²) in [5.74, 6) is 0.505. The van der Waals surface area contributed by atoms with E-state index in [-0.39, 0.29) is 10.4 Å². The molecule has 1 N–H and O–H groups in total. The van der Waals surface area contributed by atoms with Crippen molar-refractivity contribution in [1.82, 2.24) is 15.2 Å². The average molecular weight is 263 g/mol. The van der Waals surface area contributed by atoms with Gasteiger partial charge in [-0.3, -0.25) is 0 Å². The third-order valence-electron chi connectivity index (χ3n) is 2.24. The van der Waals surface area contributed by atoms with Crippen molar-refractivity contribution in [2.75, 3.05) is 5.32 Å². The average Bonchev–Trinajstić information content (AvgIpc) is 2.24. The number of anilines is 1. The summed E-state index contributed by atoms with van der Waals surface area (Å²) in [5.41, 5.74) is 0. The maximum absolute atomic E-state index is 5.84. The van der Waals surface area contributed by atoms with Crippen LogP contribution >= 0.6 is 23.2 Å². The van der Waals surface area contributed by atoms with Gasteiger partial charge in [0.25, 0.3) is 0 Å². The molecular formula is C10H16Cl2N4. The molecule has 0 radical (unpaired) electrons. The standard InChI is InChI=1S/C10H16Cl2N4/c1-3-4-5-6-7(2)13-9-8(11)15-16-10(12)14-9/h7H,3-6H2,1-2H3,(H,13,14,16). The van der Waals surface area contributed by atoms with Crippen LogP contribution in [0, 0.1) is 0 Å². The predicted octanol–water partition coefficient (Wildman–Crippen LogP) is 3.56. The molecule has 0 spiro atoms. The number of aromatic nitrogens is 3. The molecule has 1 unspecified atom stereocenters. The number of halogens is 2. The van der Waals surface area contributed by atoms with E-state index in [1.54, 1.807) is 0 Å². The van der Waals surface area contributed by atoms with Crippen molar-refractivity contribution in [2.45, 2.75) is 45.6 Å². The Labute approximate surface area is 106 Å². The van der Waals surface area contributed by atoms with Gasteiger partial charge in [-0.15, -0.1) is 10.2 Å². The van der Waals surface area contributed by atoms with Gasteiger partial charge in [-0.25, -0.2) is 0 Å².